The number of fused-ring (bicyclic) bond motifs is 3. The molecule has 0 unspecified atom stereocenters. The Morgan fingerprint density at radius 1 is 0.292 bits per heavy atom. The van der Waals surface area contributed by atoms with Gasteiger partial charge in [-0.05, 0) is 85.0 Å². The first-order valence-electron chi connectivity index (χ1n) is 22.4. The summed E-state index contributed by atoms with van der Waals surface area (Å²) >= 11 is 0. The number of nitrogens with zero attached hydrogens (tertiary/aromatic N) is 3. The van der Waals surface area contributed by atoms with Crippen LogP contribution in [0.3, 0.4) is 0 Å². The Hall–Kier alpha value is -7.79. The molecule has 9 aromatic carbocycles. The molecule has 0 amide bonds. The van der Waals surface area contributed by atoms with Crippen LogP contribution in [0.1, 0.15) is 22.3 Å². The number of rotatable bonds is 9. The van der Waals surface area contributed by atoms with Crippen LogP contribution in [0.15, 0.2) is 231 Å². The maximum absolute atomic E-state index is 5.24. The predicted octanol–water partition coefficient (Wildman–Crippen LogP) is 14.8. The van der Waals surface area contributed by atoms with Gasteiger partial charge in [0, 0.05) is 16.7 Å². The van der Waals surface area contributed by atoms with E-state index in [1.54, 1.807) is 0 Å². The minimum atomic E-state index is -1.44. The highest BCUT2D eigenvalue weighted by Crippen LogP contribution is 2.57. The molecular formula is C61H47N3Si. The van der Waals surface area contributed by atoms with Crippen LogP contribution in [0, 0.1) is 0 Å². The SMILES string of the molecule is C[Si](C)(C)c1ccc(-c2ccc3c(c2)C(c2ccccc2)(c2ccccc2)c2cc(-c4cccc(-c5nc(-c6ccccc6)nc(-c6ccccc6-c6ccccc6)n5)c4)ccc2-3)cc1. The summed E-state index contributed by atoms with van der Waals surface area (Å²) in [5.41, 5.74) is 16.7. The summed E-state index contributed by atoms with van der Waals surface area (Å²) < 4.78 is 0. The molecule has 0 N–H and O–H groups in total. The quantitative estimate of drug-likeness (QED) is 0.136. The van der Waals surface area contributed by atoms with Gasteiger partial charge in [-0.2, -0.15) is 0 Å². The van der Waals surface area contributed by atoms with Gasteiger partial charge >= 0.3 is 0 Å². The van der Waals surface area contributed by atoms with Crippen LogP contribution in [0.2, 0.25) is 19.6 Å². The molecule has 0 saturated carbocycles. The Morgan fingerprint density at radius 2 is 0.708 bits per heavy atom. The van der Waals surface area contributed by atoms with Crippen molar-refractivity contribution < 1.29 is 0 Å². The maximum atomic E-state index is 5.24. The summed E-state index contributed by atoms with van der Waals surface area (Å²) in [6.45, 7) is 7.22. The molecule has 0 bridgehead atoms. The van der Waals surface area contributed by atoms with Gasteiger partial charge in [-0.3, -0.25) is 0 Å². The average molecular weight is 850 g/mol. The standard InChI is InChI=1S/C61H47N3Si/c1-65(2,3)51-35-31-42(32-36-51)46-33-37-53-54-38-34-47(41-57(54)61(56(53)40-46,49-25-12-6-13-26-49)50-27-14-7-15-28-50)45-23-18-24-48(39-45)59-62-58(44-21-10-5-11-22-44)63-60(64-59)55-30-17-16-29-52(55)43-19-8-4-9-20-43/h4-41H,1-3H3. The second-order valence-corrected chi connectivity index (χ2v) is 23.1. The van der Waals surface area contributed by atoms with Gasteiger partial charge in [-0.1, -0.05) is 237 Å². The molecule has 1 aromatic heterocycles. The first-order chi connectivity index (χ1) is 31.8. The Balaban J connectivity index is 1.07. The zero-order valence-electron chi connectivity index (χ0n) is 36.8. The Labute approximate surface area is 382 Å². The Kier molecular flexibility index (Phi) is 10.1. The highest BCUT2D eigenvalue weighted by atomic mass is 28.3. The fourth-order valence-electron chi connectivity index (χ4n) is 9.74. The van der Waals surface area contributed by atoms with Crippen molar-refractivity contribution in [3.8, 4) is 78.7 Å². The van der Waals surface area contributed by atoms with E-state index in [0.29, 0.717) is 17.5 Å². The molecule has 3 nitrogen and oxygen atoms in total. The molecule has 11 rings (SSSR count). The number of benzene rings is 9. The zero-order valence-corrected chi connectivity index (χ0v) is 37.8. The van der Waals surface area contributed by atoms with Crippen molar-refractivity contribution >= 4 is 13.3 Å². The molecule has 0 radical (unpaired) electrons. The molecule has 0 spiro atoms. The molecule has 0 atom stereocenters. The lowest BCUT2D eigenvalue weighted by atomic mass is 9.67. The smallest absolute Gasteiger partial charge is 0.164 e. The Morgan fingerprint density at radius 3 is 1.28 bits per heavy atom. The van der Waals surface area contributed by atoms with Crippen LogP contribution in [-0.4, -0.2) is 23.0 Å². The van der Waals surface area contributed by atoms with E-state index in [2.05, 4.69) is 226 Å². The normalized spacial score (nSPS) is 12.7. The van der Waals surface area contributed by atoms with Gasteiger partial charge in [-0.25, -0.2) is 15.0 Å². The second-order valence-electron chi connectivity index (χ2n) is 18.0. The molecule has 0 saturated heterocycles. The fourth-order valence-corrected chi connectivity index (χ4v) is 10.9. The van der Waals surface area contributed by atoms with Gasteiger partial charge in [0.1, 0.15) is 0 Å². The second kappa shape index (κ2) is 16.4. The van der Waals surface area contributed by atoms with Gasteiger partial charge < -0.3 is 0 Å². The van der Waals surface area contributed by atoms with Crippen LogP contribution in [0.5, 0.6) is 0 Å². The van der Waals surface area contributed by atoms with Crippen molar-refractivity contribution in [1.29, 1.82) is 0 Å². The minimum Gasteiger partial charge on any atom is -0.208 e. The third kappa shape index (κ3) is 7.22. The van der Waals surface area contributed by atoms with E-state index in [-0.39, 0.29) is 0 Å². The summed E-state index contributed by atoms with van der Waals surface area (Å²) in [5, 5.41) is 1.47. The molecular weight excluding hydrogens is 803 g/mol. The van der Waals surface area contributed by atoms with Crippen LogP contribution < -0.4 is 5.19 Å². The van der Waals surface area contributed by atoms with Gasteiger partial charge in [-0.15, -0.1) is 0 Å². The lowest BCUT2D eigenvalue weighted by Crippen LogP contribution is -2.37. The molecule has 310 valence electrons. The van der Waals surface area contributed by atoms with E-state index in [1.165, 1.54) is 49.7 Å². The highest BCUT2D eigenvalue weighted by Gasteiger charge is 2.46. The summed E-state index contributed by atoms with van der Waals surface area (Å²) in [6.07, 6.45) is 0. The first kappa shape index (κ1) is 40.0. The van der Waals surface area contributed by atoms with Crippen LogP contribution in [0.4, 0.5) is 0 Å². The molecule has 10 aromatic rings. The molecule has 1 aliphatic carbocycles. The summed E-state index contributed by atoms with van der Waals surface area (Å²) in [4.78, 5) is 15.5. The molecule has 0 fully saturated rings. The number of hydrogen-bond acceptors (Lipinski definition) is 3. The summed E-state index contributed by atoms with van der Waals surface area (Å²) in [6, 6.07) is 83.3. The third-order valence-corrected chi connectivity index (χ3v) is 15.1. The van der Waals surface area contributed by atoms with Crippen molar-refractivity contribution in [3.63, 3.8) is 0 Å². The number of aromatic nitrogens is 3. The Bertz CT molecular complexity index is 3280. The van der Waals surface area contributed by atoms with Crippen LogP contribution in [-0.2, 0) is 5.41 Å². The zero-order chi connectivity index (χ0) is 44.0. The summed E-state index contributed by atoms with van der Waals surface area (Å²) in [5.74, 6) is 1.90. The molecule has 1 heterocycles. The van der Waals surface area contributed by atoms with Crippen molar-refractivity contribution in [2.45, 2.75) is 25.1 Å². The van der Waals surface area contributed by atoms with Crippen molar-refractivity contribution in [2.24, 2.45) is 0 Å². The monoisotopic (exact) mass is 849 g/mol. The van der Waals surface area contributed by atoms with Crippen molar-refractivity contribution in [1.82, 2.24) is 15.0 Å². The lowest BCUT2D eigenvalue weighted by Gasteiger charge is -2.34. The van der Waals surface area contributed by atoms with E-state index in [1.807, 2.05) is 24.3 Å². The van der Waals surface area contributed by atoms with E-state index < -0.39 is 13.5 Å². The topological polar surface area (TPSA) is 38.7 Å². The fraction of sp³-hybridized carbons (Fsp3) is 0.0656. The van der Waals surface area contributed by atoms with Gasteiger partial charge in [0.25, 0.3) is 0 Å². The van der Waals surface area contributed by atoms with Crippen LogP contribution in [0.25, 0.3) is 78.7 Å². The lowest BCUT2D eigenvalue weighted by molar-refractivity contribution is 0.769. The van der Waals surface area contributed by atoms with E-state index in [4.69, 9.17) is 15.0 Å². The average Bonchev–Trinajstić information content (AvgIpc) is 3.67. The largest absolute Gasteiger partial charge is 0.208 e. The molecule has 4 heteroatoms. The maximum Gasteiger partial charge on any atom is 0.164 e. The van der Waals surface area contributed by atoms with E-state index in [9.17, 15) is 0 Å². The predicted molar refractivity (Wildman–Crippen MR) is 273 cm³/mol. The number of hydrogen-bond donors (Lipinski definition) is 0. The van der Waals surface area contributed by atoms with E-state index in [0.717, 1.165) is 38.9 Å². The highest BCUT2D eigenvalue weighted by molar-refractivity contribution is 6.88. The van der Waals surface area contributed by atoms with Gasteiger partial charge in [0.2, 0.25) is 0 Å². The molecule has 1 aliphatic rings. The summed E-state index contributed by atoms with van der Waals surface area (Å²) in [7, 11) is -1.44. The molecule has 65 heavy (non-hydrogen) atoms. The van der Waals surface area contributed by atoms with Crippen molar-refractivity contribution in [2.75, 3.05) is 0 Å². The van der Waals surface area contributed by atoms with E-state index >= 15 is 0 Å². The van der Waals surface area contributed by atoms with Crippen LogP contribution >= 0.6 is 0 Å². The first-order valence-corrected chi connectivity index (χ1v) is 25.9. The van der Waals surface area contributed by atoms with Gasteiger partial charge in [0.15, 0.2) is 17.5 Å². The third-order valence-electron chi connectivity index (χ3n) is 13.0. The van der Waals surface area contributed by atoms with Crippen molar-refractivity contribution in [3.05, 3.63) is 253 Å². The van der Waals surface area contributed by atoms with Gasteiger partial charge in [0.05, 0.1) is 13.5 Å². The molecule has 0 aliphatic heterocycles. The minimum absolute atomic E-state index is 0.561.